The second-order valence-electron chi connectivity index (χ2n) is 2.27. The molecule has 0 aromatic carbocycles. The Morgan fingerprint density at radius 2 is 2.15 bits per heavy atom. The highest BCUT2D eigenvalue weighted by molar-refractivity contribution is 7.86. The molecule has 0 aliphatic rings. The zero-order chi connectivity index (χ0) is 10.2. The summed E-state index contributed by atoms with van der Waals surface area (Å²) in [5, 5.41) is 8.38. The molecule has 72 valence electrons. The van der Waals surface area contributed by atoms with E-state index in [1.807, 2.05) is 0 Å². The Labute approximate surface area is 73.0 Å². The second-order valence-corrected chi connectivity index (χ2v) is 3.59. The fourth-order valence-corrected chi connectivity index (χ4v) is 1.45. The van der Waals surface area contributed by atoms with Gasteiger partial charge in [0, 0.05) is 6.07 Å². The van der Waals surface area contributed by atoms with Gasteiger partial charge in [0.2, 0.25) is 5.76 Å². The number of halogens is 1. The average Bonchev–Trinajstić information content (AvgIpc) is 2.29. The van der Waals surface area contributed by atoms with Gasteiger partial charge < -0.3 is 9.52 Å². The van der Waals surface area contributed by atoms with Crippen LogP contribution in [0, 0.1) is 6.92 Å². The van der Waals surface area contributed by atoms with Crippen LogP contribution in [0.2, 0.25) is 0 Å². The molecule has 0 fully saturated rings. The van der Waals surface area contributed by atoms with Crippen LogP contribution in [0.5, 0.6) is 0 Å². The predicted octanol–water partition coefficient (Wildman–Crippen LogP) is 0.944. The quantitative estimate of drug-likeness (QED) is 0.731. The predicted molar refractivity (Wildman–Crippen MR) is 38.7 cm³/mol. The molecular weight excluding hydrogens is 203 g/mol. The van der Waals surface area contributed by atoms with E-state index in [0.717, 1.165) is 0 Å². The van der Waals surface area contributed by atoms with Crippen molar-refractivity contribution in [2.24, 2.45) is 0 Å². The zero-order valence-electron chi connectivity index (χ0n) is 6.44. The molecule has 5 nitrogen and oxygen atoms in total. The van der Waals surface area contributed by atoms with Gasteiger partial charge in [-0.2, -0.15) is 8.42 Å². The minimum atomic E-state index is -4.90. The molecule has 1 N–H and O–H groups in total. The summed E-state index contributed by atoms with van der Waals surface area (Å²) in [4.78, 5) is 9.54. The van der Waals surface area contributed by atoms with E-state index in [2.05, 4.69) is 4.42 Å². The van der Waals surface area contributed by atoms with E-state index >= 15 is 0 Å². The first-order chi connectivity index (χ1) is 5.82. The summed E-state index contributed by atoms with van der Waals surface area (Å²) in [6.07, 6.45) is 0. The molecule has 0 radical (unpaired) electrons. The summed E-state index contributed by atoms with van der Waals surface area (Å²) in [5.74, 6) is -2.33. The van der Waals surface area contributed by atoms with Gasteiger partial charge in [-0.05, 0) is 6.92 Å². The smallest absolute Gasteiger partial charge is 0.371 e. The van der Waals surface area contributed by atoms with Crippen molar-refractivity contribution in [1.29, 1.82) is 0 Å². The van der Waals surface area contributed by atoms with Crippen molar-refractivity contribution in [3.05, 3.63) is 17.6 Å². The third-order valence-electron chi connectivity index (χ3n) is 1.35. The summed E-state index contributed by atoms with van der Waals surface area (Å²) in [7, 11) is -4.90. The van der Waals surface area contributed by atoms with Crippen molar-refractivity contribution >= 4 is 16.2 Å². The van der Waals surface area contributed by atoms with Crippen LogP contribution in [0.4, 0.5) is 3.89 Å². The highest BCUT2D eigenvalue weighted by atomic mass is 32.3. The minimum Gasteiger partial charge on any atom is -0.475 e. The highest BCUT2D eigenvalue weighted by Gasteiger charge is 2.22. The standard InChI is InChI=1S/C6H5FO5S/c1-3-5(13(7,10)11)2-4(12-3)6(8)9/h2H,1H3,(H,8,9). The van der Waals surface area contributed by atoms with Crippen molar-refractivity contribution in [3.63, 3.8) is 0 Å². The topological polar surface area (TPSA) is 84.6 Å². The second kappa shape index (κ2) is 2.84. The Bertz CT molecular complexity index is 444. The number of hydrogen-bond acceptors (Lipinski definition) is 4. The SMILES string of the molecule is Cc1oc(C(=O)O)cc1S(=O)(=O)F. The van der Waals surface area contributed by atoms with E-state index in [1.165, 1.54) is 6.92 Å². The molecule has 0 amide bonds. The Hall–Kier alpha value is -1.37. The van der Waals surface area contributed by atoms with E-state index in [9.17, 15) is 17.1 Å². The van der Waals surface area contributed by atoms with Crippen molar-refractivity contribution in [1.82, 2.24) is 0 Å². The van der Waals surface area contributed by atoms with Gasteiger partial charge in [0.1, 0.15) is 10.7 Å². The molecule has 0 saturated carbocycles. The number of carboxylic acid groups (broad SMARTS) is 1. The number of carbonyl (C=O) groups is 1. The van der Waals surface area contributed by atoms with Gasteiger partial charge in [0.05, 0.1) is 0 Å². The Morgan fingerprint density at radius 3 is 2.38 bits per heavy atom. The van der Waals surface area contributed by atoms with Crippen LogP contribution in [0.1, 0.15) is 16.3 Å². The first-order valence-electron chi connectivity index (χ1n) is 3.11. The summed E-state index contributed by atoms with van der Waals surface area (Å²) in [6, 6.07) is 0.632. The Morgan fingerprint density at radius 1 is 1.62 bits per heavy atom. The van der Waals surface area contributed by atoms with E-state index in [4.69, 9.17) is 5.11 Å². The molecule has 1 aromatic rings. The molecule has 1 aromatic heterocycles. The molecule has 0 bridgehead atoms. The monoisotopic (exact) mass is 208 g/mol. The molecule has 0 aliphatic carbocycles. The first kappa shape index (κ1) is 9.72. The van der Waals surface area contributed by atoms with Crippen LogP contribution in [0.25, 0.3) is 0 Å². The van der Waals surface area contributed by atoms with E-state index in [-0.39, 0.29) is 5.76 Å². The molecule has 0 saturated heterocycles. The molecule has 7 heteroatoms. The van der Waals surface area contributed by atoms with Crippen LogP contribution in [-0.4, -0.2) is 19.5 Å². The third kappa shape index (κ3) is 1.86. The lowest BCUT2D eigenvalue weighted by molar-refractivity contribution is 0.0661. The van der Waals surface area contributed by atoms with Gasteiger partial charge in [-0.25, -0.2) is 4.79 Å². The van der Waals surface area contributed by atoms with Crippen LogP contribution in [0.3, 0.4) is 0 Å². The summed E-state index contributed by atoms with van der Waals surface area (Å²) < 4.78 is 37.6. The zero-order valence-corrected chi connectivity index (χ0v) is 7.26. The van der Waals surface area contributed by atoms with Crippen molar-refractivity contribution < 1.29 is 26.6 Å². The third-order valence-corrected chi connectivity index (χ3v) is 2.28. The largest absolute Gasteiger partial charge is 0.475 e. The number of aryl methyl sites for hydroxylation is 1. The highest BCUT2D eigenvalue weighted by Crippen LogP contribution is 2.21. The number of hydrogen-bond donors (Lipinski definition) is 1. The number of rotatable bonds is 2. The Balaban J connectivity index is 3.35. The van der Waals surface area contributed by atoms with Gasteiger partial charge in [0.15, 0.2) is 0 Å². The number of carboxylic acids is 1. The van der Waals surface area contributed by atoms with E-state index in [0.29, 0.717) is 6.07 Å². The van der Waals surface area contributed by atoms with Crippen LogP contribution in [0.15, 0.2) is 15.4 Å². The average molecular weight is 208 g/mol. The molecule has 0 aliphatic heterocycles. The van der Waals surface area contributed by atoms with E-state index in [1.54, 1.807) is 0 Å². The molecule has 1 rings (SSSR count). The summed E-state index contributed by atoms with van der Waals surface area (Å²) >= 11 is 0. The molecule has 1 heterocycles. The molecular formula is C6H5FO5S. The van der Waals surface area contributed by atoms with E-state index < -0.39 is 26.8 Å². The van der Waals surface area contributed by atoms with Crippen molar-refractivity contribution in [2.45, 2.75) is 11.8 Å². The maximum absolute atomic E-state index is 12.4. The fourth-order valence-electron chi connectivity index (χ4n) is 0.813. The summed E-state index contributed by atoms with van der Waals surface area (Å²) in [5.41, 5.74) is 0. The normalized spacial score (nSPS) is 11.5. The maximum Gasteiger partial charge on any atom is 0.371 e. The Kier molecular flexibility index (Phi) is 2.12. The molecule has 0 spiro atoms. The lowest BCUT2D eigenvalue weighted by Crippen LogP contribution is -1.93. The van der Waals surface area contributed by atoms with Gasteiger partial charge in [-0.3, -0.25) is 0 Å². The minimum absolute atomic E-state index is 0.278. The van der Waals surface area contributed by atoms with Gasteiger partial charge >= 0.3 is 16.2 Å². The maximum atomic E-state index is 12.4. The van der Waals surface area contributed by atoms with Gasteiger partial charge in [0.25, 0.3) is 0 Å². The molecule has 13 heavy (non-hydrogen) atoms. The van der Waals surface area contributed by atoms with Crippen LogP contribution >= 0.6 is 0 Å². The molecule has 0 atom stereocenters. The number of furan rings is 1. The number of aromatic carboxylic acids is 1. The first-order valence-corrected chi connectivity index (χ1v) is 4.49. The van der Waals surface area contributed by atoms with Crippen molar-refractivity contribution in [3.8, 4) is 0 Å². The van der Waals surface area contributed by atoms with Crippen LogP contribution < -0.4 is 0 Å². The van der Waals surface area contributed by atoms with Crippen LogP contribution in [-0.2, 0) is 10.2 Å². The van der Waals surface area contributed by atoms with Gasteiger partial charge in [-0.15, -0.1) is 3.89 Å². The molecule has 0 unspecified atom stereocenters. The summed E-state index contributed by atoms with van der Waals surface area (Å²) in [6.45, 7) is 1.17. The van der Waals surface area contributed by atoms with Gasteiger partial charge in [-0.1, -0.05) is 0 Å². The fraction of sp³-hybridized carbons (Fsp3) is 0.167. The lowest BCUT2D eigenvalue weighted by atomic mass is 10.4. The lowest BCUT2D eigenvalue weighted by Gasteiger charge is -1.86. The van der Waals surface area contributed by atoms with Crippen molar-refractivity contribution in [2.75, 3.05) is 0 Å².